The lowest BCUT2D eigenvalue weighted by Gasteiger charge is -2.41. The Balaban J connectivity index is 1.88. The summed E-state index contributed by atoms with van der Waals surface area (Å²) < 4.78 is 16.3. The Hall–Kier alpha value is -1.67. The maximum absolute atomic E-state index is 12.3. The third kappa shape index (κ3) is 1.54. The normalized spacial score (nSPS) is 40.9. The van der Waals surface area contributed by atoms with Crippen molar-refractivity contribution in [1.82, 2.24) is 4.90 Å². The highest BCUT2D eigenvalue weighted by molar-refractivity contribution is 5.95. The average molecular weight is 335 g/mol. The molecular weight excluding hydrogens is 314 g/mol. The molecule has 7 heteroatoms. The molecule has 1 spiro atoms. The van der Waals surface area contributed by atoms with Gasteiger partial charge in [0.25, 0.3) is 5.79 Å². The predicted molar refractivity (Wildman–Crippen MR) is 82.9 cm³/mol. The molecule has 1 aliphatic carbocycles. The Bertz CT molecular complexity index is 723. The van der Waals surface area contributed by atoms with Crippen molar-refractivity contribution in [3.8, 4) is 11.5 Å². The molecule has 0 radical (unpaired) electrons. The smallest absolute Gasteiger partial charge is 0.276 e. The predicted octanol–water partition coefficient (Wildman–Crippen LogP) is 0.0259. The number of aliphatic hydroxyl groups excluding tert-OH is 1. The van der Waals surface area contributed by atoms with Crippen LogP contribution >= 0.6 is 0 Å². The van der Waals surface area contributed by atoms with Crippen molar-refractivity contribution in [2.24, 2.45) is 0 Å². The SMILES string of the molecule is COc1ccc(C23CCN(C)C24OC4(O)C(=O)C(O)C3)cc1OC. The minimum atomic E-state index is -1.96. The third-order valence-corrected chi connectivity index (χ3v) is 5.89. The van der Waals surface area contributed by atoms with Crippen molar-refractivity contribution in [1.29, 1.82) is 0 Å². The quantitative estimate of drug-likeness (QED) is 0.753. The van der Waals surface area contributed by atoms with Gasteiger partial charge in [-0.05, 0) is 37.6 Å². The molecule has 3 aliphatic rings. The number of nitrogens with zero attached hydrogens (tertiary/aromatic N) is 1. The molecule has 0 aromatic heterocycles. The average Bonchev–Trinajstić information content (AvgIpc) is 3.16. The van der Waals surface area contributed by atoms with E-state index in [0.717, 1.165) is 5.56 Å². The number of aliphatic hydroxyl groups is 2. The highest BCUT2D eigenvalue weighted by atomic mass is 16.8. The lowest BCUT2D eigenvalue weighted by Crippen LogP contribution is -2.60. The van der Waals surface area contributed by atoms with Crippen LogP contribution in [-0.2, 0) is 14.9 Å². The van der Waals surface area contributed by atoms with Gasteiger partial charge >= 0.3 is 0 Å². The van der Waals surface area contributed by atoms with Gasteiger partial charge in [-0.15, -0.1) is 0 Å². The van der Waals surface area contributed by atoms with Crippen molar-refractivity contribution in [2.75, 3.05) is 27.8 Å². The molecule has 4 atom stereocenters. The molecule has 2 heterocycles. The summed E-state index contributed by atoms with van der Waals surface area (Å²) in [6.07, 6.45) is -0.398. The highest BCUT2D eigenvalue weighted by Crippen LogP contribution is 2.68. The molecule has 0 bridgehead atoms. The first kappa shape index (κ1) is 15.8. The van der Waals surface area contributed by atoms with Gasteiger partial charge in [-0.25, -0.2) is 0 Å². The Labute approximate surface area is 139 Å². The van der Waals surface area contributed by atoms with Crippen molar-refractivity contribution in [3.05, 3.63) is 23.8 Å². The molecule has 1 aromatic carbocycles. The monoisotopic (exact) mass is 335 g/mol. The fourth-order valence-corrected chi connectivity index (χ4v) is 4.70. The molecule has 24 heavy (non-hydrogen) atoms. The largest absolute Gasteiger partial charge is 0.493 e. The van der Waals surface area contributed by atoms with Gasteiger partial charge in [0.1, 0.15) is 6.10 Å². The lowest BCUT2D eigenvalue weighted by molar-refractivity contribution is -0.150. The van der Waals surface area contributed by atoms with E-state index < -0.39 is 28.8 Å². The molecule has 2 saturated heterocycles. The molecule has 2 N–H and O–H groups in total. The minimum absolute atomic E-state index is 0.202. The third-order valence-electron chi connectivity index (χ3n) is 5.89. The molecule has 4 unspecified atom stereocenters. The van der Waals surface area contributed by atoms with Crippen LogP contribution in [-0.4, -0.2) is 66.3 Å². The van der Waals surface area contributed by atoms with Gasteiger partial charge in [-0.1, -0.05) is 6.07 Å². The van der Waals surface area contributed by atoms with Crippen LogP contribution in [0.2, 0.25) is 0 Å². The van der Waals surface area contributed by atoms with Crippen molar-refractivity contribution in [3.63, 3.8) is 0 Å². The molecule has 130 valence electrons. The molecule has 4 rings (SSSR count). The van der Waals surface area contributed by atoms with Gasteiger partial charge in [-0.3, -0.25) is 9.69 Å². The number of ketones is 1. The van der Waals surface area contributed by atoms with Crippen LogP contribution in [0, 0.1) is 0 Å². The van der Waals surface area contributed by atoms with E-state index in [1.165, 1.54) is 0 Å². The fourth-order valence-electron chi connectivity index (χ4n) is 4.70. The van der Waals surface area contributed by atoms with Crippen molar-refractivity contribution < 1.29 is 29.2 Å². The maximum Gasteiger partial charge on any atom is 0.276 e. The fraction of sp³-hybridized carbons (Fsp3) is 0.588. The molecule has 7 nitrogen and oxygen atoms in total. The van der Waals surface area contributed by atoms with Crippen molar-refractivity contribution >= 4 is 5.78 Å². The van der Waals surface area contributed by atoms with Crippen LogP contribution in [0.25, 0.3) is 0 Å². The number of Topliss-reactive ketones (excluding diaryl/α,β-unsaturated/α-hetero) is 1. The standard InChI is InChI=1S/C17H21NO6/c1-18-7-6-15(10-4-5-12(22-2)13(8-10)23-3)9-11(19)14(20)16(21)17(15,18)24-16/h4-5,8,11,19,21H,6-7,9H2,1-3H3. The van der Waals surface area contributed by atoms with Gasteiger partial charge in [0.2, 0.25) is 5.78 Å². The van der Waals surface area contributed by atoms with E-state index in [9.17, 15) is 15.0 Å². The molecule has 2 aliphatic heterocycles. The number of carbonyl (C=O) groups excluding carboxylic acids is 1. The number of benzene rings is 1. The number of epoxide rings is 1. The summed E-state index contributed by atoms with van der Waals surface area (Å²) in [6, 6.07) is 5.51. The second kappa shape index (κ2) is 4.70. The summed E-state index contributed by atoms with van der Waals surface area (Å²) in [5.74, 6) is -1.46. The Morgan fingerprint density at radius 2 is 2.00 bits per heavy atom. The zero-order valence-corrected chi connectivity index (χ0v) is 13.9. The van der Waals surface area contributed by atoms with E-state index in [2.05, 4.69) is 0 Å². The van der Waals surface area contributed by atoms with Gasteiger partial charge in [-0.2, -0.15) is 0 Å². The van der Waals surface area contributed by atoms with Crippen LogP contribution in [0.1, 0.15) is 18.4 Å². The maximum atomic E-state index is 12.3. The van der Waals surface area contributed by atoms with Crippen LogP contribution in [0.5, 0.6) is 11.5 Å². The first-order valence-corrected chi connectivity index (χ1v) is 7.95. The van der Waals surface area contributed by atoms with Gasteiger partial charge < -0.3 is 24.4 Å². The van der Waals surface area contributed by atoms with Gasteiger partial charge in [0, 0.05) is 12.0 Å². The van der Waals surface area contributed by atoms with Crippen molar-refractivity contribution in [2.45, 2.75) is 35.9 Å². The van der Waals surface area contributed by atoms with Crippen LogP contribution in [0.15, 0.2) is 18.2 Å². The lowest BCUT2D eigenvalue weighted by atomic mass is 9.63. The van der Waals surface area contributed by atoms with E-state index in [1.807, 2.05) is 24.1 Å². The number of hydrogen-bond acceptors (Lipinski definition) is 7. The van der Waals surface area contributed by atoms with Crippen LogP contribution < -0.4 is 9.47 Å². The van der Waals surface area contributed by atoms with E-state index in [-0.39, 0.29) is 6.42 Å². The number of carbonyl (C=O) groups is 1. The van der Waals surface area contributed by atoms with Crippen LogP contribution in [0.4, 0.5) is 0 Å². The summed E-state index contributed by atoms with van der Waals surface area (Å²) in [6.45, 7) is 0.649. The summed E-state index contributed by atoms with van der Waals surface area (Å²) in [5.41, 5.74) is -0.966. The summed E-state index contributed by atoms with van der Waals surface area (Å²) in [4.78, 5) is 14.1. The van der Waals surface area contributed by atoms with E-state index in [1.54, 1.807) is 20.3 Å². The zero-order valence-electron chi connectivity index (χ0n) is 13.9. The number of ether oxygens (including phenoxy) is 3. The van der Waals surface area contributed by atoms with Crippen LogP contribution in [0.3, 0.4) is 0 Å². The Morgan fingerprint density at radius 3 is 2.67 bits per heavy atom. The summed E-state index contributed by atoms with van der Waals surface area (Å²) in [5, 5.41) is 21.0. The summed E-state index contributed by atoms with van der Waals surface area (Å²) in [7, 11) is 4.94. The molecular formula is C17H21NO6. The second-order valence-corrected chi connectivity index (χ2v) is 6.80. The van der Waals surface area contributed by atoms with Gasteiger partial charge in [0.15, 0.2) is 17.2 Å². The Morgan fingerprint density at radius 1 is 1.29 bits per heavy atom. The number of hydrogen-bond donors (Lipinski definition) is 2. The Kier molecular flexibility index (Phi) is 3.10. The number of likely N-dealkylation sites (N-methyl/N-ethyl adjacent to an activating group) is 1. The molecule has 1 aromatic rings. The first-order chi connectivity index (χ1) is 11.4. The van der Waals surface area contributed by atoms with E-state index >= 15 is 0 Å². The van der Waals surface area contributed by atoms with E-state index in [0.29, 0.717) is 24.5 Å². The topological polar surface area (TPSA) is 91.8 Å². The highest BCUT2D eigenvalue weighted by Gasteiger charge is 2.89. The molecule has 1 saturated carbocycles. The van der Waals surface area contributed by atoms with E-state index in [4.69, 9.17) is 14.2 Å². The number of likely N-dealkylation sites (tertiary alicyclic amines) is 1. The van der Waals surface area contributed by atoms with Gasteiger partial charge in [0.05, 0.1) is 14.2 Å². The molecule has 0 amide bonds. The molecule has 3 fully saturated rings. The summed E-state index contributed by atoms with van der Waals surface area (Å²) >= 11 is 0. The number of methoxy groups -OCH3 is 2. The zero-order chi connectivity index (χ0) is 17.3. The first-order valence-electron chi connectivity index (χ1n) is 7.95. The minimum Gasteiger partial charge on any atom is -0.493 e. The second-order valence-electron chi connectivity index (χ2n) is 6.80. The number of rotatable bonds is 3.